The lowest BCUT2D eigenvalue weighted by atomic mass is 10.0. The summed E-state index contributed by atoms with van der Waals surface area (Å²) < 4.78 is 26.6. The maximum Gasteiger partial charge on any atom is 0.355 e. The van der Waals surface area contributed by atoms with Gasteiger partial charge in [0, 0.05) is 25.5 Å². The predicted molar refractivity (Wildman–Crippen MR) is 93.0 cm³/mol. The molecule has 0 aromatic heterocycles. The molecule has 1 fully saturated rings. The molecule has 0 unspecified atom stereocenters. The summed E-state index contributed by atoms with van der Waals surface area (Å²) in [6.07, 6.45) is 1.73. The maximum absolute atomic E-state index is 13.5. The van der Waals surface area contributed by atoms with Crippen molar-refractivity contribution in [3.05, 3.63) is 35.9 Å². The fourth-order valence-electron chi connectivity index (χ4n) is 3.03. The lowest BCUT2D eigenvalue weighted by Gasteiger charge is -2.43. The van der Waals surface area contributed by atoms with Gasteiger partial charge in [0.15, 0.2) is 5.28 Å². The van der Waals surface area contributed by atoms with Gasteiger partial charge >= 0.3 is 7.60 Å². The molecule has 0 N–H and O–H groups in total. The third-order valence-corrected chi connectivity index (χ3v) is 7.84. The molecule has 1 atom stereocenters. The van der Waals surface area contributed by atoms with Crippen LogP contribution < -0.4 is 0 Å². The molecule has 0 radical (unpaired) electrons. The van der Waals surface area contributed by atoms with E-state index in [1.165, 1.54) is 14.2 Å². The first kappa shape index (κ1) is 18.0. The van der Waals surface area contributed by atoms with Gasteiger partial charge in [-0.25, -0.2) is 4.31 Å². The second-order valence-corrected chi connectivity index (χ2v) is 10.8. The van der Waals surface area contributed by atoms with Crippen LogP contribution in [0.5, 0.6) is 0 Å². The van der Waals surface area contributed by atoms with E-state index >= 15 is 0 Å². The van der Waals surface area contributed by atoms with Crippen LogP contribution in [-0.2, 0) is 18.9 Å². The lowest BCUT2D eigenvalue weighted by Crippen LogP contribution is -2.39. The van der Waals surface area contributed by atoms with Crippen LogP contribution in [0.4, 0.5) is 0 Å². The van der Waals surface area contributed by atoms with Crippen LogP contribution in [0.2, 0.25) is 0 Å². The molecule has 0 aliphatic carbocycles. The Morgan fingerprint density at radius 2 is 1.77 bits per heavy atom. The van der Waals surface area contributed by atoms with E-state index < -0.39 is 12.9 Å². The van der Waals surface area contributed by atoms with E-state index in [1.807, 2.05) is 30.3 Å². The van der Waals surface area contributed by atoms with Gasteiger partial charge in [0.25, 0.3) is 0 Å². The molecule has 2 rings (SSSR count). The Balaban J connectivity index is 2.58. The molecule has 1 aliphatic rings. The Morgan fingerprint density at radius 1 is 1.18 bits per heavy atom. The van der Waals surface area contributed by atoms with Crippen LogP contribution >= 0.6 is 19.5 Å². The summed E-state index contributed by atoms with van der Waals surface area (Å²) in [6, 6.07) is 9.96. The third kappa shape index (κ3) is 3.15. The van der Waals surface area contributed by atoms with Crippen molar-refractivity contribution in [1.29, 1.82) is 0 Å². The highest BCUT2D eigenvalue weighted by atomic mass is 32.2. The Bertz CT molecular complexity index is 538. The number of nitrogens with zero attached hydrogens (tertiary/aromatic N) is 1. The van der Waals surface area contributed by atoms with Crippen molar-refractivity contribution in [2.24, 2.45) is 0 Å². The summed E-state index contributed by atoms with van der Waals surface area (Å²) in [5.74, 6) is 0. The fourth-order valence-corrected chi connectivity index (χ4v) is 6.71. The van der Waals surface area contributed by atoms with Crippen LogP contribution in [-0.4, -0.2) is 29.8 Å². The minimum Gasteiger partial charge on any atom is -0.310 e. The van der Waals surface area contributed by atoms with E-state index in [-0.39, 0.29) is 4.75 Å². The molecule has 0 amide bonds. The highest BCUT2D eigenvalue weighted by Gasteiger charge is 2.58. The van der Waals surface area contributed by atoms with Gasteiger partial charge in [-0.15, -0.1) is 0 Å². The fraction of sp³-hybridized carbons (Fsp3) is 0.625. The van der Waals surface area contributed by atoms with Crippen molar-refractivity contribution >= 4 is 19.5 Å². The van der Waals surface area contributed by atoms with Crippen LogP contribution in [0.25, 0.3) is 0 Å². The normalized spacial score (nSPS) is 23.9. The molecule has 0 spiro atoms. The summed E-state index contributed by atoms with van der Waals surface area (Å²) in [6.45, 7) is 7.36. The molecule has 1 aromatic rings. The van der Waals surface area contributed by atoms with E-state index in [9.17, 15) is 4.57 Å². The summed E-state index contributed by atoms with van der Waals surface area (Å²) in [7, 11) is -0.360. The first-order chi connectivity index (χ1) is 10.3. The molecular weight excluding hydrogens is 317 g/mol. The Kier molecular flexibility index (Phi) is 5.46. The molecule has 0 bridgehead atoms. The average Bonchev–Trinajstić information content (AvgIpc) is 2.90. The van der Waals surface area contributed by atoms with Crippen LogP contribution in [0.15, 0.2) is 30.3 Å². The monoisotopic (exact) mass is 343 g/mol. The molecule has 1 aliphatic heterocycles. The minimum atomic E-state index is -3.32. The largest absolute Gasteiger partial charge is 0.355 e. The van der Waals surface area contributed by atoms with Crippen molar-refractivity contribution in [2.75, 3.05) is 20.8 Å². The van der Waals surface area contributed by atoms with Crippen molar-refractivity contribution in [3.8, 4) is 0 Å². The Hall–Kier alpha value is -0.320. The zero-order valence-electron chi connectivity index (χ0n) is 14.0. The summed E-state index contributed by atoms with van der Waals surface area (Å²) in [4.78, 5) is 0. The van der Waals surface area contributed by atoms with Crippen molar-refractivity contribution in [1.82, 2.24) is 4.31 Å². The number of benzene rings is 1. The van der Waals surface area contributed by atoms with Gasteiger partial charge in [0.1, 0.15) is 0 Å². The summed E-state index contributed by atoms with van der Waals surface area (Å²) in [5, 5.41) is -0.726. The highest BCUT2D eigenvalue weighted by Crippen LogP contribution is 2.71. The van der Waals surface area contributed by atoms with E-state index in [0.717, 1.165) is 24.9 Å². The highest BCUT2D eigenvalue weighted by molar-refractivity contribution is 7.98. The smallest absolute Gasteiger partial charge is 0.310 e. The first-order valence-electron chi connectivity index (χ1n) is 7.53. The van der Waals surface area contributed by atoms with E-state index in [1.54, 1.807) is 11.9 Å². The zero-order valence-corrected chi connectivity index (χ0v) is 15.7. The van der Waals surface area contributed by atoms with Crippen molar-refractivity contribution in [3.63, 3.8) is 0 Å². The van der Waals surface area contributed by atoms with Crippen LogP contribution in [0, 0.1) is 0 Å². The molecule has 4 nitrogen and oxygen atoms in total. The maximum atomic E-state index is 13.5. The SMILES string of the molecule is COP(=O)(OC)[C@@]1(c2ccccc2)CCCN1SC(C)(C)C. The average molecular weight is 343 g/mol. The molecular formula is C16H26NO3PS. The molecule has 22 heavy (non-hydrogen) atoms. The van der Waals surface area contributed by atoms with Crippen molar-refractivity contribution < 1.29 is 13.6 Å². The first-order valence-corrected chi connectivity index (χ1v) is 9.84. The lowest BCUT2D eigenvalue weighted by molar-refractivity contribution is 0.210. The van der Waals surface area contributed by atoms with E-state index in [4.69, 9.17) is 9.05 Å². The molecule has 124 valence electrons. The van der Waals surface area contributed by atoms with Crippen molar-refractivity contribution in [2.45, 2.75) is 43.6 Å². The number of rotatable bonds is 5. The second kappa shape index (κ2) is 6.66. The van der Waals surface area contributed by atoms with Gasteiger partial charge in [0.05, 0.1) is 0 Å². The molecule has 1 saturated heterocycles. The standard InChI is InChI=1S/C16H26NO3PS/c1-15(2,3)22-17-13-9-12-16(17,21(18,19-4)20-5)14-10-7-6-8-11-14/h6-8,10-11H,9,12-13H2,1-5H3/t16-/m1/s1. The van der Waals surface area contributed by atoms with Gasteiger partial charge in [-0.2, -0.15) is 0 Å². The number of hydrogen-bond donors (Lipinski definition) is 0. The van der Waals surface area contributed by atoms with Gasteiger partial charge < -0.3 is 9.05 Å². The zero-order chi connectivity index (χ0) is 16.4. The molecule has 0 saturated carbocycles. The van der Waals surface area contributed by atoms with Crippen LogP contribution in [0.3, 0.4) is 0 Å². The number of hydrogen-bond acceptors (Lipinski definition) is 5. The second-order valence-electron chi connectivity index (χ2n) is 6.45. The third-order valence-electron chi connectivity index (χ3n) is 3.85. The molecule has 1 heterocycles. The summed E-state index contributed by atoms with van der Waals surface area (Å²) in [5.41, 5.74) is 0.997. The predicted octanol–water partition coefficient (Wildman–Crippen LogP) is 4.87. The van der Waals surface area contributed by atoms with E-state index in [2.05, 4.69) is 25.1 Å². The topological polar surface area (TPSA) is 38.8 Å². The minimum absolute atomic E-state index is 0.0245. The van der Waals surface area contributed by atoms with Gasteiger partial charge in [0.2, 0.25) is 0 Å². The molecule has 1 aromatic carbocycles. The Labute approximate surface area is 138 Å². The van der Waals surface area contributed by atoms with Gasteiger partial charge in [-0.3, -0.25) is 4.57 Å². The molecule has 6 heteroatoms. The Morgan fingerprint density at radius 3 is 2.27 bits per heavy atom. The van der Waals surface area contributed by atoms with E-state index in [0.29, 0.717) is 0 Å². The van der Waals surface area contributed by atoms with Gasteiger partial charge in [-0.05, 0) is 39.2 Å². The summed E-state index contributed by atoms with van der Waals surface area (Å²) >= 11 is 1.72. The van der Waals surface area contributed by atoms with Crippen LogP contribution in [0.1, 0.15) is 39.2 Å². The van der Waals surface area contributed by atoms with Gasteiger partial charge in [-0.1, -0.05) is 42.3 Å². The quantitative estimate of drug-likeness (QED) is 0.563.